The van der Waals surface area contributed by atoms with Crippen molar-refractivity contribution in [2.24, 2.45) is 0 Å². The predicted octanol–water partition coefficient (Wildman–Crippen LogP) is 5.33. The van der Waals surface area contributed by atoms with E-state index in [4.69, 9.17) is 16.0 Å². The third-order valence-electron chi connectivity index (χ3n) is 4.45. The van der Waals surface area contributed by atoms with Gasteiger partial charge in [0.2, 0.25) is 11.8 Å². The number of hydrogen-bond acceptors (Lipinski definition) is 7. The SMILES string of the molecule is Clc1cccc(-n2c(SCc3nnc(-c4ccccc4)o3)nnc2-c2ccncc2)c1. The highest BCUT2D eigenvalue weighted by Gasteiger charge is 2.18. The van der Waals surface area contributed by atoms with Gasteiger partial charge in [0.15, 0.2) is 11.0 Å². The first kappa shape index (κ1) is 19.5. The summed E-state index contributed by atoms with van der Waals surface area (Å²) < 4.78 is 7.78. The Morgan fingerprint density at radius 3 is 2.48 bits per heavy atom. The maximum absolute atomic E-state index is 6.24. The Balaban J connectivity index is 1.46. The van der Waals surface area contributed by atoms with E-state index in [1.165, 1.54) is 11.8 Å². The van der Waals surface area contributed by atoms with Crippen LogP contribution in [0.1, 0.15) is 5.89 Å². The van der Waals surface area contributed by atoms with Crippen molar-refractivity contribution in [2.45, 2.75) is 10.9 Å². The van der Waals surface area contributed by atoms with Gasteiger partial charge in [0, 0.05) is 28.5 Å². The van der Waals surface area contributed by atoms with Crippen LogP contribution in [0.25, 0.3) is 28.5 Å². The summed E-state index contributed by atoms with van der Waals surface area (Å²) in [6.07, 6.45) is 3.45. The number of aromatic nitrogens is 6. The Labute approximate surface area is 187 Å². The van der Waals surface area contributed by atoms with E-state index >= 15 is 0 Å². The zero-order chi connectivity index (χ0) is 21.0. The topological polar surface area (TPSA) is 82.5 Å². The number of rotatable bonds is 6. The van der Waals surface area contributed by atoms with Gasteiger partial charge in [-0.25, -0.2) is 0 Å². The minimum atomic E-state index is 0.453. The van der Waals surface area contributed by atoms with Gasteiger partial charge in [-0.1, -0.05) is 47.6 Å². The summed E-state index contributed by atoms with van der Waals surface area (Å²) in [5.74, 6) is 2.15. The molecule has 3 heterocycles. The number of pyridine rings is 1. The van der Waals surface area contributed by atoms with Crippen molar-refractivity contribution in [2.75, 3.05) is 0 Å². The van der Waals surface area contributed by atoms with Gasteiger partial charge in [-0.15, -0.1) is 20.4 Å². The minimum absolute atomic E-state index is 0.453. The predicted molar refractivity (Wildman–Crippen MR) is 119 cm³/mol. The van der Waals surface area contributed by atoms with Gasteiger partial charge in [0.25, 0.3) is 0 Å². The van der Waals surface area contributed by atoms with Gasteiger partial charge in [-0.3, -0.25) is 9.55 Å². The van der Waals surface area contributed by atoms with Gasteiger partial charge in [-0.05, 0) is 42.5 Å². The van der Waals surface area contributed by atoms with Gasteiger partial charge < -0.3 is 4.42 Å². The van der Waals surface area contributed by atoms with Crippen molar-refractivity contribution in [3.05, 3.63) is 90.0 Å². The van der Waals surface area contributed by atoms with E-state index in [1.807, 2.05) is 71.3 Å². The molecule has 0 amide bonds. The number of nitrogens with zero attached hydrogens (tertiary/aromatic N) is 6. The Hall–Kier alpha value is -3.49. The van der Waals surface area contributed by atoms with Crippen LogP contribution in [-0.4, -0.2) is 29.9 Å². The lowest BCUT2D eigenvalue weighted by molar-refractivity contribution is 0.528. The lowest BCUT2D eigenvalue weighted by Crippen LogP contribution is -2.00. The van der Waals surface area contributed by atoms with E-state index in [-0.39, 0.29) is 0 Å². The molecule has 0 atom stereocenters. The van der Waals surface area contributed by atoms with Gasteiger partial charge in [0.1, 0.15) is 0 Å². The summed E-state index contributed by atoms with van der Waals surface area (Å²) in [7, 11) is 0. The summed E-state index contributed by atoms with van der Waals surface area (Å²) in [5.41, 5.74) is 2.65. The third kappa shape index (κ3) is 4.21. The van der Waals surface area contributed by atoms with E-state index in [0.29, 0.717) is 33.5 Å². The molecule has 0 radical (unpaired) electrons. The molecule has 0 saturated carbocycles. The van der Waals surface area contributed by atoms with E-state index in [0.717, 1.165) is 16.8 Å². The average molecular weight is 447 g/mol. The van der Waals surface area contributed by atoms with Crippen LogP contribution in [0, 0.1) is 0 Å². The van der Waals surface area contributed by atoms with Crippen LogP contribution in [0.15, 0.2) is 88.7 Å². The number of halogens is 1. The molecule has 9 heteroatoms. The lowest BCUT2D eigenvalue weighted by atomic mass is 10.2. The lowest BCUT2D eigenvalue weighted by Gasteiger charge is -2.10. The van der Waals surface area contributed by atoms with Crippen LogP contribution in [0.3, 0.4) is 0 Å². The molecule has 0 aliphatic rings. The van der Waals surface area contributed by atoms with E-state index in [2.05, 4.69) is 25.4 Å². The van der Waals surface area contributed by atoms with Crippen LogP contribution in [0.4, 0.5) is 0 Å². The highest BCUT2D eigenvalue weighted by atomic mass is 35.5. The first-order chi connectivity index (χ1) is 15.3. The molecule has 0 unspecified atom stereocenters. The average Bonchev–Trinajstić information content (AvgIpc) is 3.46. The molecule has 5 rings (SSSR count). The zero-order valence-corrected chi connectivity index (χ0v) is 17.7. The summed E-state index contributed by atoms with van der Waals surface area (Å²) >= 11 is 7.70. The van der Waals surface area contributed by atoms with Gasteiger partial charge in [0.05, 0.1) is 11.4 Å². The van der Waals surface area contributed by atoms with Gasteiger partial charge >= 0.3 is 0 Å². The van der Waals surface area contributed by atoms with Crippen LogP contribution in [0.2, 0.25) is 5.02 Å². The molecule has 2 aromatic carbocycles. The molecular formula is C22H15ClN6OS. The fraction of sp³-hybridized carbons (Fsp3) is 0.0455. The van der Waals surface area contributed by atoms with Crippen LogP contribution >= 0.6 is 23.4 Å². The van der Waals surface area contributed by atoms with Crippen molar-refractivity contribution in [1.29, 1.82) is 0 Å². The molecule has 31 heavy (non-hydrogen) atoms. The highest BCUT2D eigenvalue weighted by molar-refractivity contribution is 7.98. The van der Waals surface area contributed by atoms with E-state index < -0.39 is 0 Å². The number of hydrogen-bond donors (Lipinski definition) is 0. The maximum atomic E-state index is 6.24. The molecule has 0 spiro atoms. The third-order valence-corrected chi connectivity index (χ3v) is 5.60. The Kier molecular flexibility index (Phi) is 5.47. The Morgan fingerprint density at radius 2 is 1.68 bits per heavy atom. The Bertz CT molecular complexity index is 1310. The smallest absolute Gasteiger partial charge is 0.247 e. The second-order valence-corrected chi connectivity index (χ2v) is 7.89. The molecule has 0 aliphatic heterocycles. The number of benzene rings is 2. The summed E-state index contributed by atoms with van der Waals surface area (Å²) in [6.45, 7) is 0. The number of thioether (sulfide) groups is 1. The maximum Gasteiger partial charge on any atom is 0.247 e. The van der Waals surface area contributed by atoms with Crippen molar-refractivity contribution in [1.82, 2.24) is 29.9 Å². The molecule has 0 fully saturated rings. The highest BCUT2D eigenvalue weighted by Crippen LogP contribution is 2.30. The normalized spacial score (nSPS) is 11.0. The van der Waals surface area contributed by atoms with Crippen molar-refractivity contribution in [3.8, 4) is 28.5 Å². The van der Waals surface area contributed by atoms with Crippen LogP contribution in [0.5, 0.6) is 0 Å². The summed E-state index contributed by atoms with van der Waals surface area (Å²) in [4.78, 5) is 4.09. The van der Waals surface area contributed by atoms with Crippen molar-refractivity contribution >= 4 is 23.4 Å². The molecule has 5 aromatic rings. The molecular weight excluding hydrogens is 432 g/mol. The second-order valence-electron chi connectivity index (χ2n) is 6.51. The Morgan fingerprint density at radius 1 is 0.839 bits per heavy atom. The van der Waals surface area contributed by atoms with Gasteiger partial charge in [-0.2, -0.15) is 0 Å². The largest absolute Gasteiger partial charge is 0.420 e. The molecule has 0 bridgehead atoms. The monoisotopic (exact) mass is 446 g/mol. The minimum Gasteiger partial charge on any atom is -0.420 e. The standard InChI is InChI=1S/C22H15ClN6OS/c23-17-7-4-8-18(13-17)29-20(15-9-11-24-12-10-15)26-28-22(29)31-14-19-25-27-21(30-19)16-5-2-1-3-6-16/h1-13H,14H2. The zero-order valence-electron chi connectivity index (χ0n) is 16.1. The van der Waals surface area contributed by atoms with Crippen molar-refractivity contribution < 1.29 is 4.42 Å². The van der Waals surface area contributed by atoms with Crippen LogP contribution in [-0.2, 0) is 5.75 Å². The molecule has 3 aromatic heterocycles. The molecule has 7 nitrogen and oxygen atoms in total. The molecule has 0 N–H and O–H groups in total. The van der Waals surface area contributed by atoms with E-state index in [1.54, 1.807) is 12.4 Å². The van der Waals surface area contributed by atoms with Crippen LogP contribution < -0.4 is 0 Å². The molecule has 0 aliphatic carbocycles. The second kappa shape index (κ2) is 8.71. The summed E-state index contributed by atoms with van der Waals surface area (Å²) in [6, 6.07) is 21.0. The first-order valence-electron chi connectivity index (χ1n) is 9.40. The van der Waals surface area contributed by atoms with Crippen molar-refractivity contribution in [3.63, 3.8) is 0 Å². The first-order valence-corrected chi connectivity index (χ1v) is 10.8. The fourth-order valence-electron chi connectivity index (χ4n) is 3.03. The summed E-state index contributed by atoms with van der Waals surface area (Å²) in [5, 5.41) is 18.4. The quantitative estimate of drug-likeness (QED) is 0.326. The molecule has 0 saturated heterocycles. The molecule has 152 valence electrons. The van der Waals surface area contributed by atoms with E-state index in [9.17, 15) is 0 Å². The fourth-order valence-corrected chi connectivity index (χ4v) is 4.01.